The second-order valence-electron chi connectivity index (χ2n) is 14.8. The molecule has 2 aliphatic rings. The van der Waals surface area contributed by atoms with Crippen LogP contribution in [0.25, 0.3) is 55.3 Å². The molecule has 53 heavy (non-hydrogen) atoms. The lowest BCUT2D eigenvalue weighted by Gasteiger charge is -2.31. The Hall–Kier alpha value is -6.38. The largest absolute Gasteiger partial charge is 0.493 e. The van der Waals surface area contributed by atoms with E-state index < -0.39 is 0 Å². The van der Waals surface area contributed by atoms with Gasteiger partial charge in [-0.15, -0.1) is 0 Å². The lowest BCUT2D eigenvalue weighted by Crippen LogP contribution is -2.17. The zero-order chi connectivity index (χ0) is 35.5. The van der Waals surface area contributed by atoms with E-state index in [1.165, 1.54) is 72.0 Å². The summed E-state index contributed by atoms with van der Waals surface area (Å²) < 4.78 is 6.14. The van der Waals surface area contributed by atoms with Crippen molar-refractivity contribution in [1.82, 2.24) is 0 Å². The van der Waals surface area contributed by atoms with Crippen molar-refractivity contribution in [3.05, 3.63) is 193 Å². The molecule has 0 atom stereocenters. The van der Waals surface area contributed by atoms with E-state index in [0.717, 1.165) is 29.2 Å². The summed E-state index contributed by atoms with van der Waals surface area (Å²) in [6.07, 6.45) is 0.898. The number of anilines is 3. The molecular formula is C51H39NO. The summed E-state index contributed by atoms with van der Waals surface area (Å²) in [6.45, 7) is 5.45. The van der Waals surface area contributed by atoms with Crippen LogP contribution < -0.4 is 9.64 Å². The molecule has 0 saturated heterocycles. The Morgan fingerprint density at radius 1 is 0.453 bits per heavy atom. The van der Waals surface area contributed by atoms with E-state index >= 15 is 0 Å². The Labute approximate surface area is 311 Å². The van der Waals surface area contributed by atoms with Gasteiger partial charge in [0.25, 0.3) is 0 Å². The minimum Gasteiger partial charge on any atom is -0.493 e. The Morgan fingerprint density at radius 2 is 1.08 bits per heavy atom. The fourth-order valence-corrected chi connectivity index (χ4v) is 8.65. The van der Waals surface area contributed by atoms with Gasteiger partial charge < -0.3 is 9.64 Å². The van der Waals surface area contributed by atoms with E-state index in [-0.39, 0.29) is 5.41 Å². The van der Waals surface area contributed by atoms with E-state index in [2.05, 4.69) is 195 Å². The highest BCUT2D eigenvalue weighted by Gasteiger charge is 2.37. The summed E-state index contributed by atoms with van der Waals surface area (Å²) in [5.41, 5.74) is 17.2. The quantitative estimate of drug-likeness (QED) is 0.173. The molecule has 2 nitrogen and oxygen atoms in total. The second-order valence-corrected chi connectivity index (χ2v) is 14.8. The number of benzene rings is 8. The Balaban J connectivity index is 1.22. The predicted octanol–water partition coefficient (Wildman–Crippen LogP) is 13.6. The van der Waals surface area contributed by atoms with Gasteiger partial charge in [0.15, 0.2) is 0 Å². The number of rotatable bonds is 6. The van der Waals surface area contributed by atoms with Gasteiger partial charge in [0.2, 0.25) is 0 Å². The van der Waals surface area contributed by atoms with E-state index in [1.807, 2.05) is 0 Å². The fourth-order valence-electron chi connectivity index (χ4n) is 8.65. The van der Waals surface area contributed by atoms with Gasteiger partial charge >= 0.3 is 0 Å². The molecule has 1 heterocycles. The number of fused-ring (bicyclic) bond motifs is 5. The fraction of sp³-hybridized carbons (Fsp3) is 0.0980. The van der Waals surface area contributed by atoms with Gasteiger partial charge in [-0.25, -0.2) is 0 Å². The third-order valence-electron chi connectivity index (χ3n) is 11.4. The summed E-state index contributed by atoms with van der Waals surface area (Å²) in [6, 6.07) is 64.5. The molecule has 254 valence electrons. The summed E-state index contributed by atoms with van der Waals surface area (Å²) >= 11 is 0. The highest BCUT2D eigenvalue weighted by molar-refractivity contribution is 5.98. The standard InChI is InChI=1S/C51H39NO/c1-51(2)47-18-10-9-16-43(47)45-32-46(42-17-11-19-50-44(42)28-29-53-50)49(33-48(45)51)52(40-25-22-36(23-26-40)34-12-5-3-6-13-34)41-27-24-38-30-37(20-21-39(38)31-41)35-14-7-4-8-15-35/h3-27,30-33H,28-29H2,1-2H3. The molecule has 1 aliphatic carbocycles. The summed E-state index contributed by atoms with van der Waals surface area (Å²) in [4.78, 5) is 2.48. The van der Waals surface area contributed by atoms with Crippen molar-refractivity contribution < 1.29 is 4.74 Å². The van der Waals surface area contributed by atoms with Crippen molar-refractivity contribution in [3.63, 3.8) is 0 Å². The first-order valence-electron chi connectivity index (χ1n) is 18.6. The molecule has 2 heteroatoms. The molecular weight excluding hydrogens is 643 g/mol. The topological polar surface area (TPSA) is 12.5 Å². The Kier molecular flexibility index (Phi) is 7.33. The molecule has 0 radical (unpaired) electrons. The number of hydrogen-bond donors (Lipinski definition) is 0. The monoisotopic (exact) mass is 681 g/mol. The molecule has 0 saturated carbocycles. The second kappa shape index (κ2) is 12.4. The smallest absolute Gasteiger partial charge is 0.123 e. The lowest BCUT2D eigenvalue weighted by atomic mass is 9.81. The van der Waals surface area contributed by atoms with Gasteiger partial charge in [-0.1, -0.05) is 141 Å². The molecule has 0 fully saturated rings. The normalized spacial score (nSPS) is 13.6. The van der Waals surface area contributed by atoms with Gasteiger partial charge in [0, 0.05) is 34.3 Å². The van der Waals surface area contributed by atoms with Crippen LogP contribution in [0.2, 0.25) is 0 Å². The molecule has 0 aromatic heterocycles. The Bertz CT molecular complexity index is 2660. The maximum atomic E-state index is 6.14. The molecule has 0 amide bonds. The Morgan fingerprint density at radius 3 is 1.87 bits per heavy atom. The van der Waals surface area contributed by atoms with Crippen LogP contribution >= 0.6 is 0 Å². The molecule has 8 aromatic carbocycles. The van der Waals surface area contributed by atoms with Crippen LogP contribution in [0.3, 0.4) is 0 Å². The highest BCUT2D eigenvalue weighted by Crippen LogP contribution is 2.54. The van der Waals surface area contributed by atoms with Crippen molar-refractivity contribution in [2.75, 3.05) is 11.5 Å². The number of nitrogens with zero attached hydrogens (tertiary/aromatic N) is 1. The minimum atomic E-state index is -0.152. The summed E-state index contributed by atoms with van der Waals surface area (Å²) in [7, 11) is 0. The first-order valence-corrected chi connectivity index (χ1v) is 18.6. The average molecular weight is 682 g/mol. The average Bonchev–Trinajstić information content (AvgIpc) is 3.79. The summed E-state index contributed by atoms with van der Waals surface area (Å²) in [5, 5.41) is 2.43. The molecule has 0 N–H and O–H groups in total. The van der Waals surface area contributed by atoms with Gasteiger partial charge in [0.05, 0.1) is 12.3 Å². The molecule has 0 unspecified atom stereocenters. The van der Waals surface area contributed by atoms with E-state index in [4.69, 9.17) is 4.74 Å². The van der Waals surface area contributed by atoms with Gasteiger partial charge in [0.1, 0.15) is 5.75 Å². The summed E-state index contributed by atoms with van der Waals surface area (Å²) in [5.74, 6) is 0.994. The molecule has 10 rings (SSSR count). The van der Waals surface area contributed by atoms with E-state index in [9.17, 15) is 0 Å². The zero-order valence-corrected chi connectivity index (χ0v) is 30.0. The lowest BCUT2D eigenvalue weighted by molar-refractivity contribution is 0.357. The van der Waals surface area contributed by atoms with Crippen LogP contribution in [0.1, 0.15) is 30.5 Å². The predicted molar refractivity (Wildman–Crippen MR) is 222 cm³/mol. The SMILES string of the molecule is CC1(C)c2ccccc2-c2cc(-c3cccc4c3CCO4)c(N(c3ccc(-c4ccccc4)cc3)c3ccc4cc(-c5ccccc5)ccc4c3)cc21. The van der Waals surface area contributed by atoms with Crippen molar-refractivity contribution in [2.45, 2.75) is 25.7 Å². The van der Waals surface area contributed by atoms with Gasteiger partial charge in [-0.05, 0) is 109 Å². The van der Waals surface area contributed by atoms with Gasteiger partial charge in [-0.3, -0.25) is 0 Å². The zero-order valence-electron chi connectivity index (χ0n) is 30.0. The van der Waals surface area contributed by atoms with Crippen molar-refractivity contribution in [1.29, 1.82) is 0 Å². The third kappa shape index (κ3) is 5.25. The maximum absolute atomic E-state index is 6.14. The van der Waals surface area contributed by atoms with Crippen molar-refractivity contribution in [3.8, 4) is 50.3 Å². The molecule has 0 bridgehead atoms. The molecule has 1 aliphatic heterocycles. The van der Waals surface area contributed by atoms with Crippen LogP contribution in [0.15, 0.2) is 176 Å². The molecule has 0 spiro atoms. The van der Waals surface area contributed by atoms with Crippen LogP contribution in [-0.2, 0) is 11.8 Å². The van der Waals surface area contributed by atoms with Crippen LogP contribution in [0.5, 0.6) is 5.75 Å². The minimum absolute atomic E-state index is 0.152. The van der Waals surface area contributed by atoms with Crippen LogP contribution in [-0.4, -0.2) is 6.61 Å². The van der Waals surface area contributed by atoms with Gasteiger partial charge in [-0.2, -0.15) is 0 Å². The maximum Gasteiger partial charge on any atom is 0.123 e. The first kappa shape index (κ1) is 31.4. The third-order valence-corrected chi connectivity index (χ3v) is 11.4. The van der Waals surface area contributed by atoms with E-state index in [0.29, 0.717) is 6.61 Å². The van der Waals surface area contributed by atoms with E-state index in [1.54, 1.807) is 0 Å². The number of ether oxygens (including phenoxy) is 1. The highest BCUT2D eigenvalue weighted by atomic mass is 16.5. The van der Waals surface area contributed by atoms with Crippen molar-refractivity contribution >= 4 is 27.8 Å². The molecule has 8 aromatic rings. The van der Waals surface area contributed by atoms with Crippen LogP contribution in [0.4, 0.5) is 17.1 Å². The first-order chi connectivity index (χ1) is 26.0. The van der Waals surface area contributed by atoms with Crippen molar-refractivity contribution in [2.24, 2.45) is 0 Å². The van der Waals surface area contributed by atoms with Crippen LogP contribution in [0, 0.1) is 0 Å². The number of hydrogen-bond acceptors (Lipinski definition) is 2.